The molecule has 2 unspecified atom stereocenters. The molecule has 0 saturated carbocycles. The van der Waals surface area contributed by atoms with Crippen molar-refractivity contribution < 1.29 is 22.7 Å². The van der Waals surface area contributed by atoms with Gasteiger partial charge in [0.15, 0.2) is 0 Å². The maximum atomic E-state index is 12.8. The molecule has 2 atom stereocenters. The zero-order valence-electron chi connectivity index (χ0n) is 28.1. The fraction of sp³-hybridized carbons (Fsp3) is 0.727. The van der Waals surface area contributed by atoms with Crippen molar-refractivity contribution in [2.75, 3.05) is 19.8 Å². The molecular weight excluding hydrogens is 555 g/mol. The summed E-state index contributed by atoms with van der Waals surface area (Å²) in [6.45, 7) is 22.8. The lowest BCUT2D eigenvalue weighted by Crippen LogP contribution is -2.33. The quantitative estimate of drug-likeness (QED) is 0.209. The SMILES string of the molecule is C=CNC(CCC(C)(C)C(F)(F)F)c1cnc(C)[nH]1.CC.CC1CCC(=O)NC1.CCC(C)=C(C(C)=N)C1CCOCC1. The first-order valence-corrected chi connectivity index (χ1v) is 15.7. The highest BCUT2D eigenvalue weighted by atomic mass is 19.4. The molecule has 0 radical (unpaired) electrons. The summed E-state index contributed by atoms with van der Waals surface area (Å²) in [5.74, 6) is 2.21. The van der Waals surface area contributed by atoms with E-state index in [1.54, 1.807) is 13.1 Å². The molecule has 0 aromatic carbocycles. The fourth-order valence-corrected chi connectivity index (χ4v) is 4.74. The van der Waals surface area contributed by atoms with Gasteiger partial charge >= 0.3 is 6.18 Å². The molecule has 7 nitrogen and oxygen atoms in total. The number of aryl methyl sites for hydroxylation is 1. The number of amides is 1. The molecule has 248 valence electrons. The van der Waals surface area contributed by atoms with Crippen molar-refractivity contribution in [3.8, 4) is 0 Å². The predicted molar refractivity (Wildman–Crippen MR) is 171 cm³/mol. The molecule has 4 N–H and O–H groups in total. The van der Waals surface area contributed by atoms with Crippen molar-refractivity contribution in [1.29, 1.82) is 5.41 Å². The summed E-state index contributed by atoms with van der Waals surface area (Å²) in [5, 5.41) is 13.6. The average Bonchev–Trinajstić information content (AvgIpc) is 3.40. The van der Waals surface area contributed by atoms with Crippen molar-refractivity contribution in [2.24, 2.45) is 17.3 Å². The second kappa shape index (κ2) is 20.4. The second-order valence-electron chi connectivity index (χ2n) is 11.8. The van der Waals surface area contributed by atoms with Crippen molar-refractivity contribution >= 4 is 11.6 Å². The Hall–Kier alpha value is -2.62. The molecule has 2 aliphatic heterocycles. The number of imidazole rings is 1. The molecule has 3 rings (SSSR count). The lowest BCUT2D eigenvalue weighted by atomic mass is 9.85. The minimum atomic E-state index is -4.20. The van der Waals surface area contributed by atoms with Crippen molar-refractivity contribution in [2.45, 2.75) is 119 Å². The molecule has 1 amide bonds. The van der Waals surface area contributed by atoms with Crippen LogP contribution in [0.25, 0.3) is 0 Å². The number of carbonyl (C=O) groups is 1. The van der Waals surface area contributed by atoms with Crippen LogP contribution in [0.1, 0.15) is 118 Å². The van der Waals surface area contributed by atoms with Crippen LogP contribution in [0.2, 0.25) is 0 Å². The molecule has 0 spiro atoms. The number of aromatic nitrogens is 2. The molecule has 43 heavy (non-hydrogen) atoms. The number of hydrogen-bond acceptors (Lipinski definition) is 5. The number of piperidine rings is 1. The Morgan fingerprint density at radius 2 is 1.84 bits per heavy atom. The third kappa shape index (κ3) is 15.1. The van der Waals surface area contributed by atoms with Crippen LogP contribution in [0.15, 0.2) is 30.1 Å². The standard InChI is InChI=1S/C13H20F3N3.C12H21NO.C6H11NO.C2H6/c1-5-17-10(11-8-18-9(2)19-11)6-7-12(3,4)13(14,15)16;1-4-9(2)12(10(3)13)11-5-7-14-8-6-11;1-5-2-3-6(8)7-4-5;1-2/h5,8,10,17H,1,6-7H2,2-4H3,(H,18,19);11,13H,4-8H2,1-3H3;5H,2-4H2,1H3,(H,7,8);1-2H3. The Kier molecular flexibility index (Phi) is 19.1. The lowest BCUT2D eigenvalue weighted by Gasteiger charge is -2.29. The predicted octanol–water partition coefficient (Wildman–Crippen LogP) is 8.60. The molecule has 10 heteroatoms. The summed E-state index contributed by atoms with van der Waals surface area (Å²) in [6.07, 6.45) is 4.32. The minimum absolute atomic E-state index is 0.0279. The topological polar surface area (TPSA) is 103 Å². The summed E-state index contributed by atoms with van der Waals surface area (Å²) in [4.78, 5) is 17.6. The van der Waals surface area contributed by atoms with Gasteiger partial charge in [0, 0.05) is 31.9 Å². The van der Waals surface area contributed by atoms with Crippen molar-refractivity contribution in [3.63, 3.8) is 0 Å². The van der Waals surface area contributed by atoms with Gasteiger partial charge in [0.1, 0.15) is 5.82 Å². The number of ether oxygens (including phenoxy) is 1. The van der Waals surface area contributed by atoms with Gasteiger partial charge in [-0.1, -0.05) is 53.7 Å². The summed E-state index contributed by atoms with van der Waals surface area (Å²) in [6, 6.07) is -0.236. The van der Waals surface area contributed by atoms with E-state index in [0.29, 0.717) is 18.3 Å². The van der Waals surface area contributed by atoms with Crippen LogP contribution in [-0.4, -0.2) is 47.5 Å². The number of nitrogens with zero attached hydrogens (tertiary/aromatic N) is 1. The fourth-order valence-electron chi connectivity index (χ4n) is 4.74. The largest absolute Gasteiger partial charge is 0.393 e. The van der Waals surface area contributed by atoms with E-state index in [9.17, 15) is 18.0 Å². The van der Waals surface area contributed by atoms with Gasteiger partial charge in [0.25, 0.3) is 0 Å². The molecule has 2 fully saturated rings. The highest BCUT2D eigenvalue weighted by Crippen LogP contribution is 2.42. The van der Waals surface area contributed by atoms with Crippen LogP contribution in [0.4, 0.5) is 13.2 Å². The van der Waals surface area contributed by atoms with E-state index in [4.69, 9.17) is 10.1 Å². The second-order valence-corrected chi connectivity index (χ2v) is 11.8. The summed E-state index contributed by atoms with van der Waals surface area (Å²) < 4.78 is 43.8. The van der Waals surface area contributed by atoms with Gasteiger partial charge in [-0.25, -0.2) is 4.98 Å². The number of allylic oxidation sites excluding steroid dienone is 2. The van der Waals surface area contributed by atoms with Crippen molar-refractivity contribution in [3.05, 3.63) is 41.6 Å². The first kappa shape index (κ1) is 40.4. The molecule has 3 heterocycles. The van der Waals surface area contributed by atoms with Gasteiger partial charge in [0.2, 0.25) is 5.91 Å². The minimum Gasteiger partial charge on any atom is -0.383 e. The third-order valence-corrected chi connectivity index (χ3v) is 7.78. The maximum Gasteiger partial charge on any atom is 0.393 e. The molecular formula is C33H58F3N5O2. The van der Waals surface area contributed by atoms with Gasteiger partial charge in [-0.05, 0) is 82.9 Å². The van der Waals surface area contributed by atoms with E-state index in [0.717, 1.165) is 69.1 Å². The monoisotopic (exact) mass is 613 g/mol. The first-order valence-electron chi connectivity index (χ1n) is 15.7. The Morgan fingerprint density at radius 1 is 1.23 bits per heavy atom. The Morgan fingerprint density at radius 3 is 2.23 bits per heavy atom. The van der Waals surface area contributed by atoms with Crippen LogP contribution in [0.5, 0.6) is 0 Å². The number of alkyl halides is 3. The number of carbonyl (C=O) groups excluding carboxylic acids is 1. The molecule has 0 aliphatic carbocycles. The Labute approximate surface area is 258 Å². The number of H-pyrrole nitrogens is 1. The molecule has 2 saturated heterocycles. The van der Waals surface area contributed by atoms with Gasteiger partial charge in [-0.15, -0.1) is 0 Å². The number of rotatable bonds is 9. The zero-order valence-corrected chi connectivity index (χ0v) is 28.1. The van der Waals surface area contributed by atoms with Crippen LogP contribution < -0.4 is 10.6 Å². The Bertz CT molecular complexity index is 985. The van der Waals surface area contributed by atoms with Gasteiger partial charge in [-0.3, -0.25) is 4.79 Å². The van der Waals surface area contributed by atoms with Gasteiger partial charge in [0.05, 0.1) is 23.3 Å². The average molecular weight is 614 g/mol. The van der Waals surface area contributed by atoms with Crippen LogP contribution in [0.3, 0.4) is 0 Å². The van der Waals surface area contributed by atoms with Crippen LogP contribution in [0, 0.1) is 29.6 Å². The summed E-state index contributed by atoms with van der Waals surface area (Å²) >= 11 is 0. The van der Waals surface area contributed by atoms with E-state index < -0.39 is 11.6 Å². The van der Waals surface area contributed by atoms with E-state index in [1.807, 2.05) is 20.8 Å². The van der Waals surface area contributed by atoms with E-state index >= 15 is 0 Å². The number of halogens is 3. The van der Waals surface area contributed by atoms with Gasteiger partial charge in [-0.2, -0.15) is 13.2 Å². The highest BCUT2D eigenvalue weighted by Gasteiger charge is 2.46. The highest BCUT2D eigenvalue weighted by molar-refractivity contribution is 5.96. The molecule has 1 aromatic rings. The lowest BCUT2D eigenvalue weighted by molar-refractivity contribution is -0.214. The van der Waals surface area contributed by atoms with Crippen molar-refractivity contribution in [1.82, 2.24) is 20.6 Å². The number of hydrogen-bond donors (Lipinski definition) is 4. The van der Waals surface area contributed by atoms with Gasteiger partial charge < -0.3 is 25.8 Å². The molecule has 0 bridgehead atoms. The molecule has 2 aliphatic rings. The van der Waals surface area contributed by atoms with E-state index in [2.05, 4.69) is 48.0 Å². The van der Waals surface area contributed by atoms with E-state index in [-0.39, 0.29) is 18.4 Å². The summed E-state index contributed by atoms with van der Waals surface area (Å²) in [7, 11) is 0. The summed E-state index contributed by atoms with van der Waals surface area (Å²) in [5.41, 5.74) is 2.48. The van der Waals surface area contributed by atoms with Crippen LogP contribution in [-0.2, 0) is 9.53 Å². The van der Waals surface area contributed by atoms with E-state index in [1.165, 1.54) is 31.2 Å². The van der Waals surface area contributed by atoms with Crippen LogP contribution >= 0.6 is 0 Å². The first-order chi connectivity index (χ1) is 20.1. The molecule has 1 aromatic heterocycles. The maximum absolute atomic E-state index is 12.8. The third-order valence-electron chi connectivity index (χ3n) is 7.78. The number of aromatic amines is 1. The zero-order chi connectivity index (χ0) is 33.2. The smallest absolute Gasteiger partial charge is 0.383 e. The normalized spacial score (nSPS) is 18.6. The number of nitrogens with one attached hydrogen (secondary N) is 4. The Balaban J connectivity index is 0.000000642.